The molecule has 0 unspecified atom stereocenters. The van der Waals surface area contributed by atoms with Crippen LogP contribution in [-0.2, 0) is 22.4 Å². The summed E-state index contributed by atoms with van der Waals surface area (Å²) < 4.78 is 1.97. The van der Waals surface area contributed by atoms with Gasteiger partial charge in [0.05, 0.1) is 11.6 Å². The molecule has 2 aromatic heterocycles. The van der Waals surface area contributed by atoms with E-state index >= 15 is 0 Å². The zero-order valence-electron chi connectivity index (χ0n) is 18.3. The van der Waals surface area contributed by atoms with Gasteiger partial charge in [-0.05, 0) is 62.8 Å². The zero-order chi connectivity index (χ0) is 22.1. The quantitative estimate of drug-likeness (QED) is 0.659. The van der Waals surface area contributed by atoms with Crippen LogP contribution in [0.5, 0.6) is 0 Å². The van der Waals surface area contributed by atoms with Gasteiger partial charge in [-0.15, -0.1) is 0 Å². The van der Waals surface area contributed by atoms with Gasteiger partial charge in [-0.3, -0.25) is 9.59 Å². The van der Waals surface area contributed by atoms with Crippen LogP contribution in [-0.4, -0.2) is 39.5 Å². The Labute approximate surface area is 187 Å². The molecule has 32 heavy (non-hydrogen) atoms. The molecule has 0 spiro atoms. The molecule has 1 saturated heterocycles. The standard InChI is InChI=1S/C24H28N6O2/c1-16(31)26-18-8-10-19(11-9-18)27-24(32)17-5-4-13-29(15-17)23-22-20-6-2-3-7-21(20)28-30(22)14-12-25-23/h8-12,14,17H,2-7,13,15H2,1H3,(H,26,31)(H,27,32)/t17-/m1/s1. The van der Waals surface area contributed by atoms with E-state index in [9.17, 15) is 9.59 Å². The molecule has 0 bridgehead atoms. The van der Waals surface area contributed by atoms with E-state index < -0.39 is 0 Å². The highest BCUT2D eigenvalue weighted by atomic mass is 16.2. The number of aromatic nitrogens is 3. The van der Waals surface area contributed by atoms with Gasteiger partial charge in [0.25, 0.3) is 0 Å². The van der Waals surface area contributed by atoms with Crippen LogP contribution in [0.2, 0.25) is 0 Å². The van der Waals surface area contributed by atoms with Crippen molar-refractivity contribution in [3.8, 4) is 0 Å². The first-order valence-corrected chi connectivity index (χ1v) is 11.4. The van der Waals surface area contributed by atoms with Gasteiger partial charge in [0.2, 0.25) is 11.8 Å². The smallest absolute Gasteiger partial charge is 0.229 e. The lowest BCUT2D eigenvalue weighted by Gasteiger charge is -2.33. The number of carbonyl (C=O) groups is 2. The normalized spacial score (nSPS) is 18.3. The fraction of sp³-hybridized carbons (Fsp3) is 0.417. The van der Waals surface area contributed by atoms with Crippen molar-refractivity contribution < 1.29 is 9.59 Å². The number of aryl methyl sites for hydroxylation is 2. The Bertz CT molecular complexity index is 1150. The van der Waals surface area contributed by atoms with Crippen molar-refractivity contribution >= 4 is 34.5 Å². The van der Waals surface area contributed by atoms with E-state index in [1.807, 2.05) is 22.8 Å². The molecular weight excluding hydrogens is 404 g/mol. The van der Waals surface area contributed by atoms with Crippen LogP contribution in [0.25, 0.3) is 5.52 Å². The Morgan fingerprint density at radius 1 is 1.03 bits per heavy atom. The van der Waals surface area contributed by atoms with Gasteiger partial charge in [0.1, 0.15) is 5.52 Å². The molecule has 8 nitrogen and oxygen atoms in total. The first-order valence-electron chi connectivity index (χ1n) is 11.4. The number of rotatable bonds is 4. The fourth-order valence-electron chi connectivity index (χ4n) is 4.85. The third-order valence-electron chi connectivity index (χ3n) is 6.36. The second-order valence-electron chi connectivity index (χ2n) is 8.71. The molecule has 2 aliphatic rings. The number of fused-ring (bicyclic) bond motifs is 3. The van der Waals surface area contributed by atoms with E-state index in [1.54, 1.807) is 18.3 Å². The number of nitrogens with zero attached hydrogens (tertiary/aromatic N) is 4. The third-order valence-corrected chi connectivity index (χ3v) is 6.36. The van der Waals surface area contributed by atoms with Crippen LogP contribution in [0.15, 0.2) is 36.7 Å². The lowest BCUT2D eigenvalue weighted by atomic mass is 9.95. The minimum Gasteiger partial charge on any atom is -0.354 e. The summed E-state index contributed by atoms with van der Waals surface area (Å²) in [5.41, 5.74) is 5.07. The maximum atomic E-state index is 13.0. The topological polar surface area (TPSA) is 91.6 Å². The second kappa shape index (κ2) is 8.61. The van der Waals surface area contributed by atoms with Gasteiger partial charge in [0.15, 0.2) is 5.82 Å². The van der Waals surface area contributed by atoms with E-state index in [4.69, 9.17) is 10.1 Å². The van der Waals surface area contributed by atoms with Crippen molar-refractivity contribution in [2.24, 2.45) is 5.92 Å². The summed E-state index contributed by atoms with van der Waals surface area (Å²) in [7, 11) is 0. The first kappa shape index (κ1) is 20.5. The zero-order valence-corrected chi connectivity index (χ0v) is 18.3. The minimum absolute atomic E-state index is 0.0180. The summed E-state index contributed by atoms with van der Waals surface area (Å²) in [5.74, 6) is 0.733. The molecule has 0 radical (unpaired) electrons. The van der Waals surface area contributed by atoms with Crippen molar-refractivity contribution in [3.05, 3.63) is 47.9 Å². The molecule has 2 N–H and O–H groups in total. The molecule has 1 aliphatic carbocycles. The maximum absolute atomic E-state index is 13.0. The van der Waals surface area contributed by atoms with Gasteiger partial charge in [-0.1, -0.05) is 0 Å². The Kier molecular flexibility index (Phi) is 5.51. The number of benzene rings is 1. The fourth-order valence-corrected chi connectivity index (χ4v) is 4.85. The van der Waals surface area contributed by atoms with Crippen LogP contribution in [0.4, 0.5) is 17.2 Å². The SMILES string of the molecule is CC(=O)Nc1ccc(NC(=O)[C@@H]2CCCN(c3nccn4nc5c(c34)CCCC5)C2)cc1. The van der Waals surface area contributed by atoms with E-state index in [0.717, 1.165) is 49.2 Å². The minimum atomic E-state index is -0.118. The van der Waals surface area contributed by atoms with Crippen molar-refractivity contribution in [3.63, 3.8) is 0 Å². The first-order chi connectivity index (χ1) is 15.6. The van der Waals surface area contributed by atoms with Crippen LogP contribution >= 0.6 is 0 Å². The lowest BCUT2D eigenvalue weighted by Crippen LogP contribution is -2.41. The van der Waals surface area contributed by atoms with Crippen LogP contribution in [0.3, 0.4) is 0 Å². The van der Waals surface area contributed by atoms with E-state index in [2.05, 4.69) is 15.5 Å². The number of nitrogens with one attached hydrogen (secondary N) is 2. The Hall–Kier alpha value is -3.42. The highest BCUT2D eigenvalue weighted by molar-refractivity contribution is 5.94. The average Bonchev–Trinajstić information content (AvgIpc) is 3.19. The lowest BCUT2D eigenvalue weighted by molar-refractivity contribution is -0.120. The number of hydrogen-bond donors (Lipinski definition) is 2. The van der Waals surface area contributed by atoms with Crippen molar-refractivity contribution in [2.45, 2.75) is 45.4 Å². The molecule has 2 amide bonds. The average molecular weight is 433 g/mol. The molecule has 1 fully saturated rings. The number of piperidine rings is 1. The molecule has 166 valence electrons. The summed E-state index contributed by atoms with van der Waals surface area (Å²) in [6.45, 7) is 3.00. The molecule has 1 aromatic carbocycles. The Balaban J connectivity index is 1.32. The van der Waals surface area contributed by atoms with Crippen molar-refractivity contribution in [1.82, 2.24) is 14.6 Å². The van der Waals surface area contributed by atoms with E-state index in [1.165, 1.54) is 31.0 Å². The highest BCUT2D eigenvalue weighted by Gasteiger charge is 2.29. The summed E-state index contributed by atoms with van der Waals surface area (Å²) >= 11 is 0. The summed E-state index contributed by atoms with van der Waals surface area (Å²) in [6.07, 6.45) is 9.99. The Morgan fingerprint density at radius 2 is 1.78 bits per heavy atom. The van der Waals surface area contributed by atoms with Crippen molar-refractivity contribution in [2.75, 3.05) is 28.6 Å². The summed E-state index contributed by atoms with van der Waals surface area (Å²) in [4.78, 5) is 31.2. The molecule has 1 aliphatic heterocycles. The summed E-state index contributed by atoms with van der Waals surface area (Å²) in [5, 5.41) is 10.6. The molecule has 3 heterocycles. The van der Waals surface area contributed by atoms with Gasteiger partial charge in [-0.25, -0.2) is 9.50 Å². The van der Waals surface area contributed by atoms with Crippen molar-refractivity contribution in [1.29, 1.82) is 0 Å². The van der Waals surface area contributed by atoms with E-state index in [-0.39, 0.29) is 17.7 Å². The van der Waals surface area contributed by atoms with Crippen LogP contribution < -0.4 is 15.5 Å². The number of carbonyl (C=O) groups excluding carboxylic acids is 2. The molecule has 0 saturated carbocycles. The van der Waals surface area contributed by atoms with Crippen LogP contribution in [0, 0.1) is 5.92 Å². The Morgan fingerprint density at radius 3 is 2.56 bits per heavy atom. The van der Waals surface area contributed by atoms with Gasteiger partial charge < -0.3 is 15.5 Å². The molecule has 1 atom stereocenters. The van der Waals surface area contributed by atoms with Gasteiger partial charge in [0, 0.05) is 49.3 Å². The van der Waals surface area contributed by atoms with Crippen LogP contribution in [0.1, 0.15) is 43.9 Å². The third kappa shape index (κ3) is 4.04. The number of anilines is 3. The van der Waals surface area contributed by atoms with E-state index in [0.29, 0.717) is 12.2 Å². The monoisotopic (exact) mass is 432 g/mol. The molecule has 5 rings (SSSR count). The molecular formula is C24H28N6O2. The number of hydrogen-bond acceptors (Lipinski definition) is 5. The predicted octanol–water partition coefficient (Wildman–Crippen LogP) is 3.42. The summed E-state index contributed by atoms with van der Waals surface area (Å²) in [6, 6.07) is 7.20. The maximum Gasteiger partial charge on any atom is 0.229 e. The predicted molar refractivity (Wildman–Crippen MR) is 124 cm³/mol. The van der Waals surface area contributed by atoms with Gasteiger partial charge in [-0.2, -0.15) is 5.10 Å². The number of amides is 2. The molecule has 8 heteroatoms. The highest BCUT2D eigenvalue weighted by Crippen LogP contribution is 2.32. The van der Waals surface area contributed by atoms with Gasteiger partial charge >= 0.3 is 0 Å². The molecule has 3 aromatic rings. The second-order valence-corrected chi connectivity index (χ2v) is 8.71. The largest absolute Gasteiger partial charge is 0.354 e.